The van der Waals surface area contributed by atoms with Gasteiger partial charge in [0.15, 0.2) is 5.43 Å². The van der Waals surface area contributed by atoms with E-state index < -0.39 is 5.82 Å². The SMILES string of the molecule is Cc1cc(=O)c(CN)cn1-c1ccc(F)c(Cl)c1. The molecule has 18 heavy (non-hydrogen) atoms. The van der Waals surface area contributed by atoms with Crippen molar-refractivity contribution in [2.75, 3.05) is 0 Å². The maximum Gasteiger partial charge on any atom is 0.186 e. The molecule has 94 valence electrons. The van der Waals surface area contributed by atoms with Gasteiger partial charge in [-0.05, 0) is 25.1 Å². The van der Waals surface area contributed by atoms with Crippen molar-refractivity contribution in [2.24, 2.45) is 5.73 Å². The highest BCUT2D eigenvalue weighted by atomic mass is 35.5. The van der Waals surface area contributed by atoms with E-state index in [1.807, 2.05) is 0 Å². The van der Waals surface area contributed by atoms with Crippen LogP contribution in [0, 0.1) is 12.7 Å². The second-order valence-electron chi connectivity index (χ2n) is 3.98. The van der Waals surface area contributed by atoms with Crippen LogP contribution in [0.5, 0.6) is 0 Å². The number of hydrogen-bond acceptors (Lipinski definition) is 2. The Bertz CT molecular complexity index is 652. The molecular formula is C13H12ClFN2O. The highest BCUT2D eigenvalue weighted by Crippen LogP contribution is 2.19. The van der Waals surface area contributed by atoms with Gasteiger partial charge in [-0.25, -0.2) is 4.39 Å². The predicted molar refractivity (Wildman–Crippen MR) is 69.6 cm³/mol. The third-order valence-corrected chi connectivity index (χ3v) is 3.01. The van der Waals surface area contributed by atoms with Gasteiger partial charge in [0.1, 0.15) is 5.82 Å². The molecule has 2 rings (SSSR count). The summed E-state index contributed by atoms with van der Waals surface area (Å²) in [5, 5.41) is 0.0416. The van der Waals surface area contributed by atoms with Crippen LogP contribution < -0.4 is 11.2 Å². The molecule has 0 aliphatic carbocycles. The Morgan fingerprint density at radius 1 is 1.39 bits per heavy atom. The molecule has 1 aromatic carbocycles. The van der Waals surface area contributed by atoms with E-state index in [4.69, 9.17) is 17.3 Å². The summed E-state index contributed by atoms with van der Waals surface area (Å²) in [4.78, 5) is 11.6. The maximum atomic E-state index is 13.1. The lowest BCUT2D eigenvalue weighted by molar-refractivity contribution is 0.627. The number of rotatable bonds is 2. The van der Waals surface area contributed by atoms with Crippen molar-refractivity contribution < 1.29 is 4.39 Å². The summed E-state index contributed by atoms with van der Waals surface area (Å²) in [6.07, 6.45) is 1.65. The summed E-state index contributed by atoms with van der Waals surface area (Å²) in [5.41, 5.74) is 7.33. The Morgan fingerprint density at radius 2 is 2.11 bits per heavy atom. The van der Waals surface area contributed by atoms with Gasteiger partial charge in [0, 0.05) is 35.8 Å². The van der Waals surface area contributed by atoms with Crippen LogP contribution >= 0.6 is 11.6 Å². The topological polar surface area (TPSA) is 48.0 Å². The van der Waals surface area contributed by atoms with Crippen LogP contribution in [-0.2, 0) is 6.54 Å². The van der Waals surface area contributed by atoms with E-state index in [0.29, 0.717) is 11.3 Å². The minimum Gasteiger partial charge on any atom is -0.326 e. The fraction of sp³-hybridized carbons (Fsp3) is 0.154. The first-order valence-electron chi connectivity index (χ1n) is 5.40. The van der Waals surface area contributed by atoms with E-state index in [-0.39, 0.29) is 17.0 Å². The third kappa shape index (κ3) is 2.30. The predicted octanol–water partition coefficient (Wildman–Crippen LogP) is 2.40. The fourth-order valence-corrected chi connectivity index (χ4v) is 1.91. The molecule has 3 nitrogen and oxygen atoms in total. The number of hydrogen-bond donors (Lipinski definition) is 1. The quantitative estimate of drug-likeness (QED) is 0.907. The molecule has 0 saturated heterocycles. The number of benzene rings is 1. The molecule has 0 fully saturated rings. The molecular weight excluding hydrogens is 255 g/mol. The zero-order chi connectivity index (χ0) is 13.3. The summed E-state index contributed by atoms with van der Waals surface area (Å²) in [5.74, 6) is -0.474. The van der Waals surface area contributed by atoms with Crippen molar-refractivity contribution in [2.45, 2.75) is 13.5 Å². The zero-order valence-corrected chi connectivity index (χ0v) is 10.5. The van der Waals surface area contributed by atoms with Gasteiger partial charge in [-0.15, -0.1) is 0 Å². The van der Waals surface area contributed by atoms with Gasteiger partial charge in [-0.2, -0.15) is 0 Å². The van der Waals surface area contributed by atoms with E-state index in [2.05, 4.69) is 0 Å². The molecule has 0 aliphatic heterocycles. The minimum absolute atomic E-state index is 0.0416. The van der Waals surface area contributed by atoms with Crippen LogP contribution in [-0.4, -0.2) is 4.57 Å². The lowest BCUT2D eigenvalue weighted by Crippen LogP contribution is -2.16. The lowest BCUT2D eigenvalue weighted by atomic mass is 10.2. The molecule has 0 atom stereocenters. The van der Waals surface area contributed by atoms with Crippen LogP contribution in [0.4, 0.5) is 4.39 Å². The number of nitrogens with two attached hydrogens (primary N) is 1. The fourth-order valence-electron chi connectivity index (χ4n) is 1.74. The molecule has 0 aliphatic rings. The molecule has 1 heterocycles. The number of pyridine rings is 1. The number of aryl methyl sites for hydroxylation is 1. The summed E-state index contributed by atoms with van der Waals surface area (Å²) in [6.45, 7) is 1.95. The molecule has 0 radical (unpaired) electrons. The minimum atomic E-state index is -0.474. The first kappa shape index (κ1) is 12.8. The molecule has 0 bridgehead atoms. The van der Waals surface area contributed by atoms with Crippen molar-refractivity contribution in [1.29, 1.82) is 0 Å². The summed E-state index contributed by atoms with van der Waals surface area (Å²) in [7, 11) is 0. The van der Waals surface area contributed by atoms with Gasteiger partial charge >= 0.3 is 0 Å². The average molecular weight is 267 g/mol. The van der Waals surface area contributed by atoms with Crippen LogP contribution in [0.2, 0.25) is 5.02 Å². The van der Waals surface area contributed by atoms with Gasteiger partial charge < -0.3 is 10.3 Å². The van der Waals surface area contributed by atoms with Gasteiger partial charge in [0.05, 0.1) is 5.02 Å². The van der Waals surface area contributed by atoms with Crippen molar-refractivity contribution in [3.63, 3.8) is 0 Å². The lowest BCUT2D eigenvalue weighted by Gasteiger charge is -2.12. The van der Waals surface area contributed by atoms with E-state index in [0.717, 1.165) is 5.69 Å². The highest BCUT2D eigenvalue weighted by molar-refractivity contribution is 6.30. The molecule has 2 aromatic rings. The first-order valence-corrected chi connectivity index (χ1v) is 5.78. The van der Waals surface area contributed by atoms with E-state index in [1.54, 1.807) is 23.8 Å². The zero-order valence-electron chi connectivity index (χ0n) is 9.78. The summed E-state index contributed by atoms with van der Waals surface area (Å²) in [6, 6.07) is 5.89. The van der Waals surface area contributed by atoms with Crippen LogP contribution in [0.25, 0.3) is 5.69 Å². The van der Waals surface area contributed by atoms with Crippen molar-refractivity contribution in [1.82, 2.24) is 4.57 Å². The molecule has 0 spiro atoms. The summed E-state index contributed by atoms with van der Waals surface area (Å²) >= 11 is 5.75. The van der Waals surface area contributed by atoms with Crippen LogP contribution in [0.3, 0.4) is 0 Å². The van der Waals surface area contributed by atoms with Crippen molar-refractivity contribution >= 4 is 11.6 Å². The van der Waals surface area contributed by atoms with E-state index in [9.17, 15) is 9.18 Å². The van der Waals surface area contributed by atoms with Gasteiger partial charge in [-0.1, -0.05) is 11.6 Å². The number of nitrogens with zero attached hydrogens (tertiary/aromatic N) is 1. The average Bonchev–Trinajstić information content (AvgIpc) is 2.33. The molecule has 2 N–H and O–H groups in total. The van der Waals surface area contributed by atoms with Gasteiger partial charge in [0.2, 0.25) is 0 Å². The van der Waals surface area contributed by atoms with Crippen LogP contribution in [0.15, 0.2) is 35.3 Å². The van der Waals surface area contributed by atoms with Gasteiger partial charge in [0.25, 0.3) is 0 Å². The highest BCUT2D eigenvalue weighted by Gasteiger charge is 2.06. The molecule has 5 heteroatoms. The Morgan fingerprint density at radius 3 is 2.72 bits per heavy atom. The third-order valence-electron chi connectivity index (χ3n) is 2.72. The second kappa shape index (κ2) is 4.92. The Hall–Kier alpha value is -1.65. The van der Waals surface area contributed by atoms with Crippen molar-refractivity contribution in [3.8, 4) is 5.69 Å². The monoisotopic (exact) mass is 266 g/mol. The standard InChI is InChI=1S/C13H12ClFN2O/c1-8-4-13(18)9(6-16)7-17(8)10-2-3-12(15)11(14)5-10/h2-5,7H,6,16H2,1H3. The summed E-state index contributed by atoms with van der Waals surface area (Å²) < 4.78 is 14.9. The van der Waals surface area contributed by atoms with Crippen molar-refractivity contribution in [3.05, 3.63) is 62.8 Å². The molecule has 0 saturated carbocycles. The Kier molecular flexibility index (Phi) is 3.50. The number of halogens is 2. The smallest absolute Gasteiger partial charge is 0.186 e. The first-order chi connectivity index (χ1) is 8.52. The largest absolute Gasteiger partial charge is 0.326 e. The maximum absolute atomic E-state index is 13.1. The number of aromatic nitrogens is 1. The van der Waals surface area contributed by atoms with Gasteiger partial charge in [-0.3, -0.25) is 4.79 Å². The Labute approximate surface area is 109 Å². The Balaban J connectivity index is 2.63. The second-order valence-corrected chi connectivity index (χ2v) is 4.38. The molecule has 0 amide bonds. The van der Waals surface area contributed by atoms with Crippen LogP contribution in [0.1, 0.15) is 11.3 Å². The van der Waals surface area contributed by atoms with E-state index in [1.165, 1.54) is 18.2 Å². The van der Waals surface area contributed by atoms with E-state index >= 15 is 0 Å². The molecule has 1 aromatic heterocycles. The normalized spacial score (nSPS) is 10.7. The molecule has 0 unspecified atom stereocenters.